The van der Waals surface area contributed by atoms with Crippen molar-refractivity contribution in [1.82, 2.24) is 4.90 Å². The van der Waals surface area contributed by atoms with Crippen LogP contribution in [0.25, 0.3) is 0 Å². The van der Waals surface area contributed by atoms with Crippen LogP contribution in [0.4, 0.5) is 5.69 Å². The Hall–Kier alpha value is -2.53. The average Bonchev–Trinajstić information content (AvgIpc) is 2.80. The van der Waals surface area contributed by atoms with Gasteiger partial charge in [0, 0.05) is 38.9 Å². The third kappa shape index (κ3) is 3.94. The molecule has 1 aliphatic heterocycles. The fourth-order valence-corrected chi connectivity index (χ4v) is 3.19. The molecule has 0 spiro atoms. The molecule has 0 saturated heterocycles. The third-order valence-electron chi connectivity index (χ3n) is 4.62. The molecule has 0 N–H and O–H groups in total. The van der Waals surface area contributed by atoms with E-state index in [9.17, 15) is 4.79 Å². The number of carbonyl (C=O) groups is 1. The third-order valence-corrected chi connectivity index (χ3v) is 4.62. The highest BCUT2D eigenvalue weighted by molar-refractivity contribution is 5.90. The van der Waals surface area contributed by atoms with Crippen molar-refractivity contribution in [2.75, 3.05) is 39.3 Å². The van der Waals surface area contributed by atoms with Gasteiger partial charge >= 0.3 is 5.97 Å². The van der Waals surface area contributed by atoms with E-state index in [0.29, 0.717) is 5.56 Å². The molecular weight excluding hydrogens is 316 g/mol. The maximum Gasteiger partial charge on any atom is 0.337 e. The first-order valence-electron chi connectivity index (χ1n) is 8.38. The molecule has 0 unspecified atom stereocenters. The first-order chi connectivity index (χ1) is 12.1. The van der Waals surface area contributed by atoms with E-state index in [0.717, 1.165) is 37.5 Å². The monoisotopic (exact) mass is 340 g/mol. The van der Waals surface area contributed by atoms with Crippen LogP contribution in [0.5, 0.6) is 5.75 Å². The number of rotatable bonds is 4. The molecule has 1 aliphatic rings. The largest absolute Gasteiger partial charge is 0.497 e. The smallest absolute Gasteiger partial charge is 0.337 e. The van der Waals surface area contributed by atoms with Crippen molar-refractivity contribution < 1.29 is 14.3 Å². The van der Waals surface area contributed by atoms with Crippen LogP contribution >= 0.6 is 0 Å². The van der Waals surface area contributed by atoms with Crippen LogP contribution in [0, 0.1) is 0 Å². The number of fused-ring (bicyclic) bond motifs is 1. The lowest BCUT2D eigenvalue weighted by Crippen LogP contribution is -2.28. The summed E-state index contributed by atoms with van der Waals surface area (Å²) in [5.41, 5.74) is 4.17. The van der Waals surface area contributed by atoms with Gasteiger partial charge in [0.05, 0.1) is 19.8 Å². The van der Waals surface area contributed by atoms with Gasteiger partial charge in [-0.3, -0.25) is 4.90 Å². The Labute approximate surface area is 148 Å². The minimum Gasteiger partial charge on any atom is -0.497 e. The Bertz CT molecular complexity index is 743. The number of hydrogen-bond donors (Lipinski definition) is 0. The predicted octanol–water partition coefficient (Wildman–Crippen LogP) is 2.93. The zero-order valence-electron chi connectivity index (χ0n) is 15.0. The van der Waals surface area contributed by atoms with Crippen molar-refractivity contribution in [2.24, 2.45) is 0 Å². The molecular formula is C20H24N2O3. The molecule has 0 aromatic heterocycles. The van der Waals surface area contributed by atoms with Crippen LogP contribution in [0.1, 0.15) is 21.5 Å². The second-order valence-corrected chi connectivity index (χ2v) is 6.32. The molecule has 3 rings (SSSR count). The van der Waals surface area contributed by atoms with Gasteiger partial charge in [0.15, 0.2) is 0 Å². The summed E-state index contributed by atoms with van der Waals surface area (Å²) in [7, 11) is 5.18. The first kappa shape index (κ1) is 17.3. The standard InChI is InChI=1S/C20H24N2O3/c1-21-10-11-22(13-15-4-7-18(24-2)8-5-15)14-17-12-16(20(23)25-3)6-9-19(17)21/h4-9,12H,10-11,13-14H2,1-3H3. The maximum absolute atomic E-state index is 11.8. The van der Waals surface area contributed by atoms with Gasteiger partial charge in [0.2, 0.25) is 0 Å². The number of hydrogen-bond acceptors (Lipinski definition) is 5. The van der Waals surface area contributed by atoms with E-state index in [2.05, 4.69) is 29.0 Å². The number of likely N-dealkylation sites (N-methyl/N-ethyl adjacent to an activating group) is 1. The Morgan fingerprint density at radius 3 is 2.52 bits per heavy atom. The van der Waals surface area contributed by atoms with Crippen LogP contribution in [0.15, 0.2) is 42.5 Å². The van der Waals surface area contributed by atoms with Gasteiger partial charge in [0.25, 0.3) is 0 Å². The minimum atomic E-state index is -0.295. The molecule has 0 fully saturated rings. The summed E-state index contributed by atoms with van der Waals surface area (Å²) in [4.78, 5) is 16.5. The molecule has 2 aromatic rings. The van der Waals surface area contributed by atoms with E-state index in [-0.39, 0.29) is 5.97 Å². The van der Waals surface area contributed by atoms with Crippen LogP contribution in [-0.4, -0.2) is 45.2 Å². The van der Waals surface area contributed by atoms with E-state index < -0.39 is 0 Å². The number of anilines is 1. The van der Waals surface area contributed by atoms with Crippen molar-refractivity contribution in [3.05, 3.63) is 59.2 Å². The summed E-state index contributed by atoms with van der Waals surface area (Å²) in [6.45, 7) is 3.57. The summed E-state index contributed by atoms with van der Waals surface area (Å²) < 4.78 is 10.1. The fraction of sp³-hybridized carbons (Fsp3) is 0.350. The number of nitrogens with zero attached hydrogens (tertiary/aromatic N) is 2. The van der Waals surface area contributed by atoms with E-state index in [4.69, 9.17) is 9.47 Å². The van der Waals surface area contributed by atoms with Crippen LogP contribution < -0.4 is 9.64 Å². The number of methoxy groups -OCH3 is 2. The SMILES string of the molecule is COC(=O)c1ccc2c(c1)CN(Cc1ccc(OC)cc1)CCN2C. The quantitative estimate of drug-likeness (QED) is 0.801. The lowest BCUT2D eigenvalue weighted by atomic mass is 10.1. The zero-order chi connectivity index (χ0) is 17.8. The first-order valence-corrected chi connectivity index (χ1v) is 8.38. The second-order valence-electron chi connectivity index (χ2n) is 6.32. The van der Waals surface area contributed by atoms with Gasteiger partial charge in [-0.2, -0.15) is 0 Å². The molecule has 5 nitrogen and oxygen atoms in total. The number of esters is 1. The van der Waals surface area contributed by atoms with Crippen molar-refractivity contribution in [3.8, 4) is 5.75 Å². The summed E-state index contributed by atoms with van der Waals surface area (Å²) >= 11 is 0. The molecule has 0 saturated carbocycles. The average molecular weight is 340 g/mol. The Morgan fingerprint density at radius 2 is 1.84 bits per heavy atom. The number of carbonyl (C=O) groups excluding carboxylic acids is 1. The van der Waals surface area contributed by atoms with Crippen molar-refractivity contribution in [2.45, 2.75) is 13.1 Å². The van der Waals surface area contributed by atoms with Gasteiger partial charge in [-0.05, 0) is 41.5 Å². The Balaban J connectivity index is 1.81. The van der Waals surface area contributed by atoms with E-state index >= 15 is 0 Å². The topological polar surface area (TPSA) is 42.0 Å². The molecule has 0 amide bonds. The Morgan fingerprint density at radius 1 is 1.08 bits per heavy atom. The summed E-state index contributed by atoms with van der Waals surface area (Å²) in [5.74, 6) is 0.573. The lowest BCUT2D eigenvalue weighted by Gasteiger charge is -2.20. The molecule has 5 heteroatoms. The highest BCUT2D eigenvalue weighted by atomic mass is 16.5. The van der Waals surface area contributed by atoms with Crippen LogP contribution in [0.2, 0.25) is 0 Å². The molecule has 1 heterocycles. The molecule has 0 bridgehead atoms. The molecule has 0 atom stereocenters. The summed E-state index contributed by atoms with van der Waals surface area (Å²) in [5, 5.41) is 0. The van der Waals surface area contributed by atoms with Gasteiger partial charge in [-0.1, -0.05) is 12.1 Å². The van der Waals surface area contributed by atoms with Crippen molar-refractivity contribution >= 4 is 11.7 Å². The van der Waals surface area contributed by atoms with Crippen LogP contribution in [0.3, 0.4) is 0 Å². The van der Waals surface area contributed by atoms with E-state index in [1.54, 1.807) is 7.11 Å². The van der Waals surface area contributed by atoms with Crippen molar-refractivity contribution in [1.29, 1.82) is 0 Å². The zero-order valence-corrected chi connectivity index (χ0v) is 15.0. The summed E-state index contributed by atoms with van der Waals surface area (Å²) in [6.07, 6.45) is 0. The minimum absolute atomic E-state index is 0.295. The summed E-state index contributed by atoms with van der Waals surface area (Å²) in [6, 6.07) is 14.0. The second kappa shape index (κ2) is 7.57. The van der Waals surface area contributed by atoms with E-state index in [1.807, 2.05) is 30.3 Å². The van der Waals surface area contributed by atoms with Crippen LogP contribution in [-0.2, 0) is 17.8 Å². The Kier molecular flexibility index (Phi) is 5.24. The van der Waals surface area contributed by atoms with E-state index in [1.165, 1.54) is 18.4 Å². The fourth-order valence-electron chi connectivity index (χ4n) is 3.19. The van der Waals surface area contributed by atoms with Gasteiger partial charge in [-0.25, -0.2) is 4.79 Å². The lowest BCUT2D eigenvalue weighted by molar-refractivity contribution is 0.0600. The molecule has 0 aliphatic carbocycles. The van der Waals surface area contributed by atoms with Gasteiger partial charge < -0.3 is 14.4 Å². The molecule has 25 heavy (non-hydrogen) atoms. The van der Waals surface area contributed by atoms with Gasteiger partial charge in [0.1, 0.15) is 5.75 Å². The number of ether oxygens (including phenoxy) is 2. The maximum atomic E-state index is 11.8. The molecule has 0 radical (unpaired) electrons. The molecule has 132 valence electrons. The highest BCUT2D eigenvalue weighted by Gasteiger charge is 2.19. The van der Waals surface area contributed by atoms with Gasteiger partial charge in [-0.15, -0.1) is 0 Å². The normalized spacial score (nSPS) is 14.6. The van der Waals surface area contributed by atoms with Crippen molar-refractivity contribution in [3.63, 3.8) is 0 Å². The molecule has 2 aromatic carbocycles. The predicted molar refractivity (Wildman–Crippen MR) is 98.2 cm³/mol. The number of benzene rings is 2. The highest BCUT2D eigenvalue weighted by Crippen LogP contribution is 2.26.